The Hall–Kier alpha value is -1.34. The quantitative estimate of drug-likeness (QED) is 0.871. The Bertz CT molecular complexity index is 467. The highest BCUT2D eigenvalue weighted by Gasteiger charge is 2.35. The molecule has 7 heteroatoms. The van der Waals surface area contributed by atoms with Crippen LogP contribution in [0.3, 0.4) is 0 Å². The molecule has 1 aromatic carbocycles. The molecule has 2 rings (SSSR count). The van der Waals surface area contributed by atoms with E-state index in [1.807, 2.05) is 0 Å². The fourth-order valence-electron chi connectivity index (χ4n) is 1.92. The zero-order valence-corrected chi connectivity index (χ0v) is 10.5. The smallest absolute Gasteiger partial charge is 0.419 e. The van der Waals surface area contributed by atoms with Crippen LogP contribution in [-0.2, 0) is 10.9 Å². The zero-order chi connectivity index (χ0) is 14.8. The Labute approximate surface area is 113 Å². The number of rotatable bonds is 3. The molecule has 0 bridgehead atoms. The van der Waals surface area contributed by atoms with Crippen LogP contribution in [0, 0.1) is 5.82 Å². The van der Waals surface area contributed by atoms with Gasteiger partial charge in [-0.2, -0.15) is 13.2 Å². The zero-order valence-electron chi connectivity index (χ0n) is 10.5. The van der Waals surface area contributed by atoms with Crippen molar-refractivity contribution in [3.63, 3.8) is 0 Å². The molecule has 1 aliphatic heterocycles. The van der Waals surface area contributed by atoms with Crippen LogP contribution in [-0.4, -0.2) is 30.5 Å². The molecule has 1 aliphatic rings. The van der Waals surface area contributed by atoms with Gasteiger partial charge in [0.1, 0.15) is 23.8 Å². The Morgan fingerprint density at radius 2 is 1.90 bits per heavy atom. The first-order valence-corrected chi connectivity index (χ1v) is 6.10. The highest BCUT2D eigenvalue weighted by molar-refractivity contribution is 5.31. The number of aliphatic hydroxyl groups is 1. The van der Waals surface area contributed by atoms with Gasteiger partial charge in [0.25, 0.3) is 0 Å². The molecule has 112 valence electrons. The average Bonchev–Trinajstić information content (AvgIpc) is 2.37. The van der Waals surface area contributed by atoms with Gasteiger partial charge in [-0.15, -0.1) is 0 Å². The van der Waals surface area contributed by atoms with Crippen molar-refractivity contribution in [3.8, 4) is 5.75 Å². The molecule has 0 atom stereocenters. The number of alkyl halides is 3. The molecule has 1 fully saturated rings. The van der Waals surface area contributed by atoms with Crippen LogP contribution >= 0.6 is 0 Å². The first kappa shape index (κ1) is 15.1. The summed E-state index contributed by atoms with van der Waals surface area (Å²) in [7, 11) is 0. The molecular weight excluding hydrogens is 280 g/mol. The van der Waals surface area contributed by atoms with Crippen molar-refractivity contribution in [2.75, 3.05) is 19.8 Å². The van der Waals surface area contributed by atoms with Crippen molar-refractivity contribution in [1.29, 1.82) is 0 Å². The molecule has 1 N–H and O–H groups in total. The maximum atomic E-state index is 13.1. The highest BCUT2D eigenvalue weighted by Crippen LogP contribution is 2.34. The third-order valence-electron chi connectivity index (χ3n) is 3.17. The van der Waals surface area contributed by atoms with Gasteiger partial charge in [-0.1, -0.05) is 0 Å². The molecule has 1 saturated heterocycles. The van der Waals surface area contributed by atoms with Gasteiger partial charge >= 0.3 is 6.18 Å². The van der Waals surface area contributed by atoms with E-state index in [0.717, 1.165) is 6.07 Å². The van der Waals surface area contributed by atoms with Gasteiger partial charge in [0.2, 0.25) is 0 Å². The van der Waals surface area contributed by atoms with Crippen LogP contribution in [0.15, 0.2) is 18.2 Å². The van der Waals surface area contributed by atoms with Crippen molar-refractivity contribution < 1.29 is 32.1 Å². The van der Waals surface area contributed by atoms with Crippen LogP contribution < -0.4 is 4.74 Å². The monoisotopic (exact) mass is 294 g/mol. The predicted octanol–water partition coefficient (Wildman–Crippen LogP) is 2.76. The fraction of sp³-hybridized carbons (Fsp3) is 0.538. The molecule has 0 saturated carbocycles. The van der Waals surface area contributed by atoms with Gasteiger partial charge in [0.05, 0.1) is 5.56 Å². The Morgan fingerprint density at radius 3 is 2.50 bits per heavy atom. The average molecular weight is 294 g/mol. The summed E-state index contributed by atoms with van der Waals surface area (Å²) >= 11 is 0. The number of halogens is 4. The van der Waals surface area contributed by atoms with Crippen LogP contribution in [0.1, 0.15) is 18.4 Å². The van der Waals surface area contributed by atoms with E-state index in [4.69, 9.17) is 9.47 Å². The molecule has 3 nitrogen and oxygen atoms in total. The first-order valence-electron chi connectivity index (χ1n) is 6.10. The maximum Gasteiger partial charge on any atom is 0.419 e. The Kier molecular flexibility index (Phi) is 4.19. The molecule has 0 aromatic heterocycles. The number of hydrogen-bond donors (Lipinski definition) is 1. The molecule has 1 aromatic rings. The first-order chi connectivity index (χ1) is 9.30. The van der Waals surface area contributed by atoms with Crippen LogP contribution in [0.5, 0.6) is 5.75 Å². The van der Waals surface area contributed by atoms with E-state index in [1.165, 1.54) is 0 Å². The Morgan fingerprint density at radius 1 is 1.25 bits per heavy atom. The highest BCUT2D eigenvalue weighted by atomic mass is 19.4. The summed E-state index contributed by atoms with van der Waals surface area (Å²) < 4.78 is 61.0. The van der Waals surface area contributed by atoms with E-state index in [9.17, 15) is 22.7 Å². The van der Waals surface area contributed by atoms with Crippen LogP contribution in [0.25, 0.3) is 0 Å². The van der Waals surface area contributed by atoms with E-state index in [0.29, 0.717) is 38.2 Å². The van der Waals surface area contributed by atoms with Crippen molar-refractivity contribution in [2.24, 2.45) is 0 Å². The lowest BCUT2D eigenvalue weighted by atomic mass is 9.96. The number of hydrogen-bond acceptors (Lipinski definition) is 3. The van der Waals surface area contributed by atoms with E-state index >= 15 is 0 Å². The summed E-state index contributed by atoms with van der Waals surface area (Å²) in [6.07, 6.45) is -4.08. The van der Waals surface area contributed by atoms with E-state index in [2.05, 4.69) is 0 Å². The van der Waals surface area contributed by atoms with Gasteiger partial charge < -0.3 is 14.6 Å². The summed E-state index contributed by atoms with van der Waals surface area (Å²) in [6.45, 7) is 0.591. The third kappa shape index (κ3) is 3.61. The van der Waals surface area contributed by atoms with Crippen molar-refractivity contribution in [1.82, 2.24) is 0 Å². The minimum absolute atomic E-state index is 0.126. The molecule has 0 amide bonds. The molecule has 1 heterocycles. The molecule has 20 heavy (non-hydrogen) atoms. The molecule has 0 radical (unpaired) electrons. The lowest BCUT2D eigenvalue weighted by Gasteiger charge is -2.31. The normalized spacial score (nSPS) is 18.9. The topological polar surface area (TPSA) is 38.7 Å². The van der Waals surface area contributed by atoms with Gasteiger partial charge in [-0.3, -0.25) is 0 Å². The van der Waals surface area contributed by atoms with Crippen LogP contribution in [0.4, 0.5) is 17.6 Å². The summed E-state index contributed by atoms with van der Waals surface area (Å²) in [6, 6.07) is 2.40. The van der Waals surface area contributed by atoms with Gasteiger partial charge in [-0.05, 0) is 18.2 Å². The van der Waals surface area contributed by atoms with Crippen molar-refractivity contribution in [3.05, 3.63) is 29.6 Å². The SMILES string of the molecule is OC1(COc2ccc(F)c(C(F)(F)F)c2)CCOCC1. The molecule has 0 unspecified atom stereocenters. The Balaban J connectivity index is 2.06. The lowest BCUT2D eigenvalue weighted by Crippen LogP contribution is -2.41. The summed E-state index contributed by atoms with van der Waals surface area (Å²) in [5.74, 6) is -1.48. The summed E-state index contributed by atoms with van der Waals surface area (Å²) in [5, 5.41) is 10.1. The van der Waals surface area contributed by atoms with Gasteiger partial charge in [0.15, 0.2) is 0 Å². The second-order valence-electron chi connectivity index (χ2n) is 4.76. The largest absolute Gasteiger partial charge is 0.491 e. The number of benzene rings is 1. The minimum atomic E-state index is -4.78. The van der Waals surface area contributed by atoms with Crippen molar-refractivity contribution in [2.45, 2.75) is 24.6 Å². The third-order valence-corrected chi connectivity index (χ3v) is 3.17. The lowest BCUT2D eigenvalue weighted by molar-refractivity contribution is -0.140. The van der Waals surface area contributed by atoms with Gasteiger partial charge in [-0.25, -0.2) is 4.39 Å². The van der Waals surface area contributed by atoms with Gasteiger partial charge in [0, 0.05) is 26.1 Å². The van der Waals surface area contributed by atoms with E-state index in [-0.39, 0.29) is 12.4 Å². The second kappa shape index (κ2) is 5.57. The van der Waals surface area contributed by atoms with Crippen LogP contribution in [0.2, 0.25) is 0 Å². The second-order valence-corrected chi connectivity index (χ2v) is 4.76. The molecular formula is C13H14F4O3. The van der Waals surface area contributed by atoms with E-state index < -0.39 is 23.2 Å². The predicted molar refractivity (Wildman–Crippen MR) is 61.9 cm³/mol. The minimum Gasteiger partial charge on any atom is -0.491 e. The molecule has 0 spiro atoms. The molecule has 0 aliphatic carbocycles. The fourth-order valence-corrected chi connectivity index (χ4v) is 1.92. The summed E-state index contributed by atoms with van der Waals surface area (Å²) in [5.41, 5.74) is -2.50. The van der Waals surface area contributed by atoms with E-state index in [1.54, 1.807) is 0 Å². The summed E-state index contributed by atoms with van der Waals surface area (Å²) in [4.78, 5) is 0. The maximum absolute atomic E-state index is 13.1. The van der Waals surface area contributed by atoms with Crippen molar-refractivity contribution >= 4 is 0 Å². The number of ether oxygens (including phenoxy) is 2. The standard InChI is InChI=1S/C13H14F4O3/c14-11-2-1-9(7-10(11)13(15,16)17)20-8-12(18)3-5-19-6-4-12/h1-2,7,18H,3-6,8H2.